The van der Waals surface area contributed by atoms with Crippen molar-refractivity contribution in [2.24, 2.45) is 0 Å². The highest BCUT2D eigenvalue weighted by atomic mass is 79.9. The topological polar surface area (TPSA) is 69.4 Å². The number of nitro benzene ring substituents is 1. The molecule has 0 amide bonds. The smallest absolute Gasteiger partial charge is 0.312 e. The van der Waals surface area contributed by atoms with Crippen LogP contribution in [0.2, 0.25) is 0 Å². The summed E-state index contributed by atoms with van der Waals surface area (Å²) in [5.41, 5.74) is 0.979. The summed E-state index contributed by atoms with van der Waals surface area (Å²) in [4.78, 5) is 21.4. The zero-order chi connectivity index (χ0) is 15.6. The monoisotopic (exact) mass is 413 g/mol. The average molecular weight is 415 g/mol. The van der Waals surface area contributed by atoms with Crippen LogP contribution in [0.3, 0.4) is 0 Å². The van der Waals surface area contributed by atoms with Crippen LogP contribution in [0, 0.1) is 17.0 Å². The summed E-state index contributed by atoms with van der Waals surface area (Å²) >= 11 is 6.51. The lowest BCUT2D eigenvalue weighted by atomic mass is 10.2. The van der Waals surface area contributed by atoms with Gasteiger partial charge < -0.3 is 4.74 Å². The Labute approximate surface area is 137 Å². The first-order chi connectivity index (χ1) is 9.92. The van der Waals surface area contributed by atoms with Crippen molar-refractivity contribution in [3.8, 4) is 11.5 Å². The molecule has 7 heteroatoms. The van der Waals surface area contributed by atoms with Gasteiger partial charge in [0.15, 0.2) is 0 Å². The second-order valence-corrected chi connectivity index (χ2v) is 6.01. The summed E-state index contributed by atoms with van der Waals surface area (Å²) < 4.78 is 6.81. The molecule has 0 radical (unpaired) electrons. The number of carbonyl (C=O) groups is 1. The number of benzene rings is 2. The van der Waals surface area contributed by atoms with Crippen molar-refractivity contribution in [2.75, 3.05) is 0 Å². The molecule has 0 aliphatic heterocycles. The molecule has 0 aliphatic carbocycles. The van der Waals surface area contributed by atoms with Gasteiger partial charge >= 0.3 is 5.69 Å². The van der Waals surface area contributed by atoms with Crippen molar-refractivity contribution in [1.29, 1.82) is 0 Å². The van der Waals surface area contributed by atoms with Crippen molar-refractivity contribution in [3.05, 3.63) is 60.5 Å². The standard InChI is InChI=1S/C14H9Br2NO4/c1-8-4-10(15)6-12(17(19)20)14(8)21-13-3-2-9(7-18)5-11(13)16/h2-7H,1H3. The van der Waals surface area contributed by atoms with Crippen LogP contribution in [0.4, 0.5) is 5.69 Å². The van der Waals surface area contributed by atoms with E-state index >= 15 is 0 Å². The molecule has 2 aromatic carbocycles. The van der Waals surface area contributed by atoms with Gasteiger partial charge in [0.05, 0.1) is 9.40 Å². The van der Waals surface area contributed by atoms with E-state index in [2.05, 4.69) is 31.9 Å². The van der Waals surface area contributed by atoms with Crippen molar-refractivity contribution in [1.82, 2.24) is 0 Å². The van der Waals surface area contributed by atoms with E-state index in [1.807, 2.05) is 0 Å². The van der Waals surface area contributed by atoms with Gasteiger partial charge in [0, 0.05) is 16.1 Å². The number of rotatable bonds is 4. The van der Waals surface area contributed by atoms with Gasteiger partial charge in [-0.15, -0.1) is 0 Å². The lowest BCUT2D eigenvalue weighted by Gasteiger charge is -2.11. The summed E-state index contributed by atoms with van der Waals surface area (Å²) in [6.45, 7) is 1.72. The molecule has 0 N–H and O–H groups in total. The number of carbonyl (C=O) groups excluding carboxylic acids is 1. The van der Waals surface area contributed by atoms with Crippen LogP contribution in [0.5, 0.6) is 11.5 Å². The molecule has 0 heterocycles. The fourth-order valence-electron chi connectivity index (χ4n) is 1.76. The van der Waals surface area contributed by atoms with Gasteiger partial charge in [-0.2, -0.15) is 0 Å². The molecular formula is C14H9Br2NO4. The average Bonchev–Trinajstić information content (AvgIpc) is 2.42. The van der Waals surface area contributed by atoms with Gasteiger partial charge in [-0.25, -0.2) is 0 Å². The van der Waals surface area contributed by atoms with Gasteiger partial charge in [-0.1, -0.05) is 15.9 Å². The molecule has 0 atom stereocenters. The van der Waals surface area contributed by atoms with Crippen LogP contribution in [0.1, 0.15) is 15.9 Å². The second-order valence-electron chi connectivity index (χ2n) is 4.24. The van der Waals surface area contributed by atoms with Crippen molar-refractivity contribution >= 4 is 43.8 Å². The molecule has 0 saturated carbocycles. The van der Waals surface area contributed by atoms with Crippen LogP contribution in [-0.4, -0.2) is 11.2 Å². The van der Waals surface area contributed by atoms with Crippen LogP contribution < -0.4 is 4.74 Å². The molecule has 2 aromatic rings. The molecule has 0 aromatic heterocycles. The third-order valence-electron chi connectivity index (χ3n) is 2.72. The van der Waals surface area contributed by atoms with Gasteiger partial charge in [0.1, 0.15) is 12.0 Å². The fraction of sp³-hybridized carbons (Fsp3) is 0.0714. The van der Waals surface area contributed by atoms with E-state index in [9.17, 15) is 14.9 Å². The van der Waals surface area contributed by atoms with Crippen LogP contribution in [-0.2, 0) is 0 Å². The van der Waals surface area contributed by atoms with E-state index in [1.54, 1.807) is 31.2 Å². The maximum Gasteiger partial charge on any atom is 0.312 e. The Morgan fingerprint density at radius 2 is 1.95 bits per heavy atom. The SMILES string of the molecule is Cc1cc(Br)cc([N+](=O)[O-])c1Oc1ccc(C=O)cc1Br. The molecule has 5 nitrogen and oxygen atoms in total. The lowest BCUT2D eigenvalue weighted by Crippen LogP contribution is -1.97. The Hall–Kier alpha value is -1.73. The largest absolute Gasteiger partial charge is 0.449 e. The van der Waals surface area contributed by atoms with E-state index in [4.69, 9.17) is 4.74 Å². The number of nitro groups is 1. The van der Waals surface area contributed by atoms with Gasteiger partial charge in [0.25, 0.3) is 0 Å². The third kappa shape index (κ3) is 3.48. The quantitative estimate of drug-likeness (QED) is 0.399. The molecule has 0 saturated heterocycles. The number of hydrogen-bond donors (Lipinski definition) is 0. The van der Waals surface area contributed by atoms with E-state index < -0.39 is 4.92 Å². The number of aldehydes is 1. The second kappa shape index (κ2) is 6.36. The maximum absolute atomic E-state index is 11.1. The Balaban J connectivity index is 2.49. The van der Waals surface area contributed by atoms with E-state index in [1.165, 1.54) is 6.07 Å². The van der Waals surface area contributed by atoms with Crippen LogP contribution in [0.25, 0.3) is 0 Å². The van der Waals surface area contributed by atoms with Crippen molar-refractivity contribution < 1.29 is 14.5 Å². The molecule has 108 valence electrons. The Morgan fingerprint density at radius 1 is 1.24 bits per heavy atom. The van der Waals surface area contributed by atoms with E-state index in [-0.39, 0.29) is 11.4 Å². The minimum Gasteiger partial charge on any atom is -0.449 e. The first-order valence-electron chi connectivity index (χ1n) is 5.79. The highest BCUT2D eigenvalue weighted by Gasteiger charge is 2.20. The predicted molar refractivity (Wildman–Crippen MR) is 85.1 cm³/mol. The van der Waals surface area contributed by atoms with Gasteiger partial charge in [-0.05, 0) is 52.7 Å². The van der Waals surface area contributed by atoms with Gasteiger partial charge in [-0.3, -0.25) is 14.9 Å². The Bertz CT molecular complexity index is 731. The Kier molecular flexibility index (Phi) is 4.74. The first kappa shape index (κ1) is 15.7. The van der Waals surface area contributed by atoms with E-state index in [0.29, 0.717) is 32.1 Å². The molecule has 2 rings (SSSR count). The molecule has 21 heavy (non-hydrogen) atoms. The fourth-order valence-corrected chi connectivity index (χ4v) is 2.80. The molecule has 0 aliphatic rings. The first-order valence-corrected chi connectivity index (χ1v) is 7.38. The lowest BCUT2D eigenvalue weighted by molar-refractivity contribution is -0.385. The molecule has 0 bridgehead atoms. The minimum absolute atomic E-state index is 0.131. The molecule has 0 unspecified atom stereocenters. The zero-order valence-electron chi connectivity index (χ0n) is 10.8. The molecule has 0 fully saturated rings. The third-order valence-corrected chi connectivity index (χ3v) is 3.80. The van der Waals surface area contributed by atoms with E-state index in [0.717, 1.165) is 0 Å². The summed E-state index contributed by atoms with van der Waals surface area (Å²) in [5.74, 6) is 0.567. The summed E-state index contributed by atoms with van der Waals surface area (Å²) in [6.07, 6.45) is 0.710. The number of nitrogens with zero attached hydrogens (tertiary/aromatic N) is 1. The normalized spacial score (nSPS) is 10.2. The van der Waals surface area contributed by atoms with Crippen molar-refractivity contribution in [2.45, 2.75) is 6.92 Å². The Morgan fingerprint density at radius 3 is 2.52 bits per heavy atom. The number of ether oxygens (including phenoxy) is 1. The molecular weight excluding hydrogens is 406 g/mol. The minimum atomic E-state index is -0.499. The maximum atomic E-state index is 11.1. The summed E-state index contributed by atoms with van der Waals surface area (Å²) in [6, 6.07) is 7.86. The summed E-state index contributed by atoms with van der Waals surface area (Å²) in [7, 11) is 0. The van der Waals surface area contributed by atoms with Gasteiger partial charge in [0.2, 0.25) is 5.75 Å². The number of aryl methyl sites for hydroxylation is 1. The van der Waals surface area contributed by atoms with Crippen LogP contribution >= 0.6 is 31.9 Å². The number of hydrogen-bond acceptors (Lipinski definition) is 4. The zero-order valence-corrected chi connectivity index (χ0v) is 14.0. The highest BCUT2D eigenvalue weighted by Crippen LogP contribution is 2.39. The van der Waals surface area contributed by atoms with Crippen molar-refractivity contribution in [3.63, 3.8) is 0 Å². The molecule has 0 spiro atoms. The summed E-state index contributed by atoms with van der Waals surface area (Å²) in [5, 5.41) is 11.1. The predicted octanol–water partition coefficient (Wildman–Crippen LogP) is 5.03. The van der Waals surface area contributed by atoms with Crippen LogP contribution in [0.15, 0.2) is 39.3 Å². The number of halogens is 2. The highest BCUT2D eigenvalue weighted by molar-refractivity contribution is 9.10.